The predicted molar refractivity (Wildman–Crippen MR) is 62.7 cm³/mol. The average Bonchev–Trinajstić information content (AvgIpc) is 2.68. The van der Waals surface area contributed by atoms with Crippen LogP contribution in [0.2, 0.25) is 0 Å². The van der Waals surface area contributed by atoms with Crippen LogP contribution in [0.15, 0.2) is 12.4 Å². The number of nitroso groups, excluding NO2 is 1. The fourth-order valence-corrected chi connectivity index (χ4v) is 1.87. The number of rotatable bonds is 1. The van der Waals surface area contributed by atoms with Gasteiger partial charge in [-0.15, -0.1) is 4.74 Å². The highest BCUT2D eigenvalue weighted by molar-refractivity contribution is 5.85. The van der Waals surface area contributed by atoms with Gasteiger partial charge in [-0.05, 0) is 0 Å². The fraction of sp³-hybridized carbons (Fsp3) is 0.636. The molecule has 0 unspecified atom stereocenters. The summed E-state index contributed by atoms with van der Waals surface area (Å²) >= 11 is 0. The van der Waals surface area contributed by atoms with Gasteiger partial charge in [0.2, 0.25) is 5.54 Å². The van der Waals surface area contributed by atoms with Gasteiger partial charge in [-0.25, -0.2) is 4.98 Å². The Bertz CT molecular complexity index is 525. The first kappa shape index (κ1) is 11.8. The van der Waals surface area contributed by atoms with E-state index in [9.17, 15) is 10.1 Å². The third-order valence-corrected chi connectivity index (χ3v) is 3.92. The molecule has 6 heteroatoms. The van der Waals surface area contributed by atoms with Crippen molar-refractivity contribution in [2.75, 3.05) is 0 Å². The first-order valence-electron chi connectivity index (χ1n) is 5.50. The molecule has 1 aliphatic rings. The first-order chi connectivity index (χ1) is 7.71. The van der Waals surface area contributed by atoms with Gasteiger partial charge in [0.25, 0.3) is 11.4 Å². The summed E-state index contributed by atoms with van der Waals surface area (Å²) in [4.78, 5) is 16.4. The van der Waals surface area contributed by atoms with E-state index in [1.54, 1.807) is 51.7 Å². The zero-order chi connectivity index (χ0) is 13.0. The van der Waals surface area contributed by atoms with E-state index in [1.165, 1.54) is 0 Å². The molecular weight excluding hydrogens is 220 g/mol. The molecule has 0 atom stereocenters. The zero-order valence-electron chi connectivity index (χ0n) is 10.8. The zero-order valence-corrected chi connectivity index (χ0v) is 10.8. The minimum atomic E-state index is -0.796. The van der Waals surface area contributed by atoms with Gasteiger partial charge in [-0.3, -0.25) is 0 Å². The average molecular weight is 237 g/mol. The minimum absolute atomic E-state index is 0.0764. The van der Waals surface area contributed by atoms with E-state index in [4.69, 9.17) is 0 Å². The molecule has 0 amide bonds. The number of hydrogen-bond acceptors (Lipinski definition) is 3. The smallest absolute Gasteiger partial charge is 0.541 e. The third kappa shape index (κ3) is 1.26. The van der Waals surface area contributed by atoms with Gasteiger partial charge in [0.05, 0.1) is 0 Å². The molecule has 1 aromatic heterocycles. The molecule has 0 radical (unpaired) electrons. The summed E-state index contributed by atoms with van der Waals surface area (Å²) in [7, 11) is 1.76. The van der Waals surface area contributed by atoms with Gasteiger partial charge in [0.15, 0.2) is 0 Å². The topological polar surface area (TPSA) is 64.0 Å². The van der Waals surface area contributed by atoms with Crippen molar-refractivity contribution in [3.8, 4) is 0 Å². The van der Waals surface area contributed by atoms with Gasteiger partial charge >= 0.3 is 5.84 Å². The van der Waals surface area contributed by atoms with Crippen molar-refractivity contribution in [1.29, 1.82) is 0 Å². The maximum Gasteiger partial charge on any atom is 0.541 e. The first-order valence-corrected chi connectivity index (χ1v) is 5.50. The molecule has 0 aliphatic carbocycles. The lowest BCUT2D eigenvalue weighted by molar-refractivity contribution is -0.555. The number of imidazole rings is 1. The fourth-order valence-electron chi connectivity index (χ4n) is 1.87. The monoisotopic (exact) mass is 237 g/mol. The Hall–Kier alpha value is -1.72. The summed E-state index contributed by atoms with van der Waals surface area (Å²) in [5, 5.41) is 12.3. The van der Waals surface area contributed by atoms with Gasteiger partial charge in [-0.1, -0.05) is 0 Å². The Morgan fingerprint density at radius 2 is 1.88 bits per heavy atom. The van der Waals surface area contributed by atoms with Crippen molar-refractivity contribution in [2.45, 2.75) is 38.8 Å². The largest absolute Gasteiger partial charge is 0.618 e. The second-order valence-electron chi connectivity index (χ2n) is 5.39. The molecule has 0 spiro atoms. The molecule has 17 heavy (non-hydrogen) atoms. The summed E-state index contributed by atoms with van der Waals surface area (Å²) in [6, 6.07) is 0. The lowest BCUT2D eigenvalue weighted by Gasteiger charge is -2.22. The number of nitrogens with zero attached hydrogens (tertiary/aromatic N) is 4. The Labute approximate surface area is 99.7 Å². The molecule has 0 fully saturated rings. The maximum atomic E-state index is 12.3. The maximum absolute atomic E-state index is 12.3. The highest BCUT2D eigenvalue weighted by Crippen LogP contribution is 2.34. The van der Waals surface area contributed by atoms with Crippen LogP contribution in [-0.2, 0) is 7.05 Å². The van der Waals surface area contributed by atoms with E-state index in [1.807, 2.05) is 0 Å². The SMILES string of the molecule is Cn1ccnc1C1=[N+]([O-])C(C)(C)C(C)(C)[N+]1=O. The van der Waals surface area contributed by atoms with Crippen LogP contribution in [0.25, 0.3) is 0 Å². The summed E-state index contributed by atoms with van der Waals surface area (Å²) in [5.74, 6) is 0.473. The van der Waals surface area contributed by atoms with Gasteiger partial charge in [0, 0.05) is 52.0 Å². The summed E-state index contributed by atoms with van der Waals surface area (Å²) in [6.07, 6.45) is 3.28. The van der Waals surface area contributed by atoms with Crippen molar-refractivity contribution >= 4 is 5.84 Å². The van der Waals surface area contributed by atoms with Crippen molar-refractivity contribution in [2.24, 2.45) is 7.05 Å². The third-order valence-electron chi connectivity index (χ3n) is 3.92. The van der Waals surface area contributed by atoms with E-state index in [0.29, 0.717) is 5.82 Å². The lowest BCUT2D eigenvalue weighted by Crippen LogP contribution is -2.50. The summed E-state index contributed by atoms with van der Waals surface area (Å²) in [6.45, 7) is 7.06. The summed E-state index contributed by atoms with van der Waals surface area (Å²) in [5.41, 5.74) is -1.59. The number of amidine groups is 1. The van der Waals surface area contributed by atoms with Crippen LogP contribution in [0.1, 0.15) is 33.5 Å². The standard InChI is InChI=1S/C11H17N4O2/c1-10(2)11(3,4)15(17)9(14(10)16)8-12-6-7-13(8)5/h6-7H,1-5H3/q+1. The van der Waals surface area contributed by atoms with Crippen LogP contribution in [0, 0.1) is 10.1 Å². The molecule has 0 aromatic carbocycles. The van der Waals surface area contributed by atoms with Gasteiger partial charge < -0.3 is 9.77 Å². The minimum Gasteiger partial charge on any atom is -0.618 e. The second-order valence-corrected chi connectivity index (χ2v) is 5.39. The van der Waals surface area contributed by atoms with Crippen LogP contribution >= 0.6 is 0 Å². The van der Waals surface area contributed by atoms with Crippen molar-refractivity contribution in [3.05, 3.63) is 28.3 Å². The van der Waals surface area contributed by atoms with E-state index < -0.39 is 11.1 Å². The molecule has 92 valence electrons. The van der Waals surface area contributed by atoms with Crippen LogP contribution < -0.4 is 0 Å². The van der Waals surface area contributed by atoms with E-state index in [-0.39, 0.29) is 5.84 Å². The van der Waals surface area contributed by atoms with Crippen LogP contribution in [0.3, 0.4) is 0 Å². The van der Waals surface area contributed by atoms with Crippen molar-refractivity contribution in [3.63, 3.8) is 0 Å². The Balaban J connectivity index is 2.68. The van der Waals surface area contributed by atoms with Crippen molar-refractivity contribution < 1.29 is 9.50 Å². The molecule has 0 saturated carbocycles. The van der Waals surface area contributed by atoms with E-state index in [0.717, 1.165) is 9.50 Å². The molecule has 0 N–H and O–H groups in total. The highest BCUT2D eigenvalue weighted by atomic mass is 16.5. The van der Waals surface area contributed by atoms with Crippen LogP contribution in [0.5, 0.6) is 0 Å². The Morgan fingerprint density at radius 3 is 2.24 bits per heavy atom. The molecule has 1 aliphatic heterocycles. The molecule has 1 aromatic rings. The molecule has 2 rings (SSSR count). The number of aryl methyl sites for hydroxylation is 1. The molecule has 0 saturated heterocycles. The quantitative estimate of drug-likeness (QED) is 0.541. The molecule has 2 heterocycles. The Morgan fingerprint density at radius 1 is 1.29 bits per heavy atom. The number of aromatic nitrogens is 2. The molecule has 6 nitrogen and oxygen atoms in total. The lowest BCUT2D eigenvalue weighted by atomic mass is 9.84. The highest BCUT2D eigenvalue weighted by Gasteiger charge is 2.69. The molecular formula is C11H17N4O2+. The van der Waals surface area contributed by atoms with Gasteiger partial charge in [-0.2, -0.15) is 0 Å². The van der Waals surface area contributed by atoms with Crippen molar-refractivity contribution in [1.82, 2.24) is 9.55 Å². The number of hydroxylamine groups is 1. The normalized spacial score (nSPS) is 22.3. The molecule has 0 bridgehead atoms. The number of hydrogen-bond donors (Lipinski definition) is 0. The second kappa shape index (κ2) is 3.15. The van der Waals surface area contributed by atoms with E-state index >= 15 is 0 Å². The van der Waals surface area contributed by atoms with Gasteiger partial charge in [0.1, 0.15) is 4.76 Å². The van der Waals surface area contributed by atoms with Crippen LogP contribution in [0.4, 0.5) is 0 Å². The Kier molecular flexibility index (Phi) is 2.18. The van der Waals surface area contributed by atoms with Crippen LogP contribution in [-0.4, -0.2) is 36.0 Å². The van der Waals surface area contributed by atoms with E-state index in [2.05, 4.69) is 4.98 Å². The summed E-state index contributed by atoms with van der Waals surface area (Å²) < 4.78 is 3.20. The predicted octanol–water partition coefficient (Wildman–Crippen LogP) is 1.03.